The van der Waals surface area contributed by atoms with E-state index in [-0.39, 0.29) is 11.9 Å². The van der Waals surface area contributed by atoms with Crippen molar-refractivity contribution in [2.24, 2.45) is 0 Å². The van der Waals surface area contributed by atoms with E-state index in [0.29, 0.717) is 11.3 Å². The molecule has 2 rings (SSSR count). The third-order valence-corrected chi connectivity index (χ3v) is 4.40. The maximum Gasteiger partial charge on any atom is 0.255 e. The SMILES string of the molecule is COc1cc(Br)ccc1C(=O)NC(C)c1nc(C)cs1. The number of aryl methyl sites for hydroxylation is 1. The number of thiazole rings is 1. The summed E-state index contributed by atoms with van der Waals surface area (Å²) in [5.74, 6) is 0.370. The number of hydrogen-bond acceptors (Lipinski definition) is 4. The van der Waals surface area contributed by atoms with Crippen molar-refractivity contribution in [3.8, 4) is 5.75 Å². The van der Waals surface area contributed by atoms with Crippen molar-refractivity contribution >= 4 is 33.2 Å². The zero-order valence-electron chi connectivity index (χ0n) is 11.4. The normalized spacial score (nSPS) is 12.0. The van der Waals surface area contributed by atoms with Crippen molar-refractivity contribution in [2.45, 2.75) is 19.9 Å². The molecule has 6 heteroatoms. The van der Waals surface area contributed by atoms with Crippen LogP contribution in [0.1, 0.15) is 34.0 Å². The highest BCUT2D eigenvalue weighted by atomic mass is 79.9. The Morgan fingerprint density at radius 3 is 2.85 bits per heavy atom. The number of ether oxygens (including phenoxy) is 1. The number of methoxy groups -OCH3 is 1. The van der Waals surface area contributed by atoms with Crippen LogP contribution in [0.4, 0.5) is 0 Å². The highest BCUT2D eigenvalue weighted by molar-refractivity contribution is 9.10. The van der Waals surface area contributed by atoms with Gasteiger partial charge in [0.25, 0.3) is 5.91 Å². The maximum atomic E-state index is 12.3. The Balaban J connectivity index is 2.16. The maximum absolute atomic E-state index is 12.3. The van der Waals surface area contributed by atoms with Gasteiger partial charge in [0.1, 0.15) is 10.8 Å². The minimum Gasteiger partial charge on any atom is -0.496 e. The number of nitrogens with zero attached hydrogens (tertiary/aromatic N) is 1. The molecule has 0 bridgehead atoms. The molecule has 1 heterocycles. The average molecular weight is 355 g/mol. The van der Waals surface area contributed by atoms with E-state index in [4.69, 9.17) is 4.74 Å². The van der Waals surface area contributed by atoms with Gasteiger partial charge in [-0.3, -0.25) is 4.79 Å². The zero-order valence-corrected chi connectivity index (χ0v) is 13.8. The van der Waals surface area contributed by atoms with Crippen molar-refractivity contribution < 1.29 is 9.53 Å². The topological polar surface area (TPSA) is 51.2 Å². The summed E-state index contributed by atoms with van der Waals surface area (Å²) in [7, 11) is 1.55. The fourth-order valence-electron chi connectivity index (χ4n) is 1.76. The smallest absolute Gasteiger partial charge is 0.255 e. The number of carbonyl (C=O) groups is 1. The highest BCUT2D eigenvalue weighted by Crippen LogP contribution is 2.24. The van der Waals surface area contributed by atoms with Gasteiger partial charge in [0, 0.05) is 15.5 Å². The average Bonchev–Trinajstić information content (AvgIpc) is 2.85. The molecule has 0 aliphatic heterocycles. The molecule has 1 aromatic carbocycles. The first kappa shape index (κ1) is 15.0. The molecule has 1 aromatic heterocycles. The molecule has 1 atom stereocenters. The summed E-state index contributed by atoms with van der Waals surface area (Å²) < 4.78 is 6.10. The molecule has 0 aliphatic rings. The largest absolute Gasteiger partial charge is 0.496 e. The van der Waals surface area contributed by atoms with Gasteiger partial charge in [-0.2, -0.15) is 0 Å². The molecule has 2 aromatic rings. The van der Waals surface area contributed by atoms with E-state index in [0.717, 1.165) is 15.2 Å². The van der Waals surface area contributed by atoms with Crippen LogP contribution < -0.4 is 10.1 Å². The lowest BCUT2D eigenvalue weighted by Gasteiger charge is -2.13. The quantitative estimate of drug-likeness (QED) is 0.910. The van der Waals surface area contributed by atoms with E-state index in [1.807, 2.05) is 25.3 Å². The second-order valence-electron chi connectivity index (χ2n) is 4.37. The molecule has 1 unspecified atom stereocenters. The van der Waals surface area contributed by atoms with Gasteiger partial charge in [-0.15, -0.1) is 11.3 Å². The van der Waals surface area contributed by atoms with Crippen molar-refractivity contribution in [2.75, 3.05) is 7.11 Å². The van der Waals surface area contributed by atoms with Crippen LogP contribution in [-0.2, 0) is 0 Å². The number of amides is 1. The Bertz CT molecular complexity index is 627. The van der Waals surface area contributed by atoms with E-state index in [1.54, 1.807) is 30.6 Å². The molecule has 0 radical (unpaired) electrons. The first-order chi connectivity index (χ1) is 9.51. The van der Waals surface area contributed by atoms with E-state index in [2.05, 4.69) is 26.2 Å². The fourth-order valence-corrected chi connectivity index (χ4v) is 2.90. The summed E-state index contributed by atoms with van der Waals surface area (Å²) in [4.78, 5) is 16.7. The molecule has 1 amide bonds. The van der Waals surface area contributed by atoms with Crippen molar-refractivity contribution in [1.29, 1.82) is 0 Å². The molecule has 1 N–H and O–H groups in total. The fraction of sp³-hybridized carbons (Fsp3) is 0.286. The number of nitrogens with one attached hydrogen (secondary N) is 1. The summed E-state index contributed by atoms with van der Waals surface area (Å²) in [6.45, 7) is 3.85. The van der Waals surface area contributed by atoms with Gasteiger partial charge in [-0.1, -0.05) is 15.9 Å². The summed E-state index contributed by atoms with van der Waals surface area (Å²) in [6.07, 6.45) is 0. The lowest BCUT2D eigenvalue weighted by molar-refractivity contribution is 0.0936. The Morgan fingerprint density at radius 1 is 1.50 bits per heavy atom. The summed E-state index contributed by atoms with van der Waals surface area (Å²) >= 11 is 4.90. The van der Waals surface area contributed by atoms with E-state index in [1.165, 1.54) is 0 Å². The number of halogens is 1. The lowest BCUT2D eigenvalue weighted by atomic mass is 10.1. The molecule has 4 nitrogen and oxygen atoms in total. The number of hydrogen-bond donors (Lipinski definition) is 1. The van der Waals surface area contributed by atoms with Crippen LogP contribution in [0.2, 0.25) is 0 Å². The molecule has 106 valence electrons. The van der Waals surface area contributed by atoms with Gasteiger partial charge >= 0.3 is 0 Å². The van der Waals surface area contributed by atoms with E-state index < -0.39 is 0 Å². The monoisotopic (exact) mass is 354 g/mol. The van der Waals surface area contributed by atoms with Crippen LogP contribution in [-0.4, -0.2) is 18.0 Å². The predicted octanol–water partition coefficient (Wildman–Crippen LogP) is 3.71. The van der Waals surface area contributed by atoms with E-state index in [9.17, 15) is 4.79 Å². The molecular formula is C14H15BrN2O2S. The standard InChI is InChI=1S/C14H15BrN2O2S/c1-8-7-20-14(16-8)9(2)17-13(18)11-5-4-10(15)6-12(11)19-3/h4-7,9H,1-3H3,(H,17,18). The summed E-state index contributed by atoms with van der Waals surface area (Å²) in [5, 5.41) is 5.80. The molecule has 0 spiro atoms. The number of carbonyl (C=O) groups excluding carboxylic acids is 1. The predicted molar refractivity (Wildman–Crippen MR) is 83.4 cm³/mol. The van der Waals surface area contributed by atoms with Crippen LogP contribution in [0.15, 0.2) is 28.1 Å². The van der Waals surface area contributed by atoms with Gasteiger partial charge in [0.05, 0.1) is 18.7 Å². The van der Waals surface area contributed by atoms with Crippen LogP contribution in [0, 0.1) is 6.92 Å². The van der Waals surface area contributed by atoms with Crippen LogP contribution in [0.3, 0.4) is 0 Å². The molecule has 0 fully saturated rings. The van der Waals surface area contributed by atoms with Crippen molar-refractivity contribution in [1.82, 2.24) is 10.3 Å². The van der Waals surface area contributed by atoms with E-state index >= 15 is 0 Å². The number of benzene rings is 1. The van der Waals surface area contributed by atoms with Crippen molar-refractivity contribution in [3.05, 3.63) is 44.3 Å². The van der Waals surface area contributed by atoms with Crippen LogP contribution >= 0.6 is 27.3 Å². The second-order valence-corrected chi connectivity index (χ2v) is 6.17. The Labute approximate surface area is 130 Å². The summed E-state index contributed by atoms with van der Waals surface area (Å²) in [6, 6.07) is 5.19. The first-order valence-corrected chi connectivity index (χ1v) is 7.75. The van der Waals surface area contributed by atoms with Gasteiger partial charge in [-0.05, 0) is 32.0 Å². The zero-order chi connectivity index (χ0) is 14.7. The molecule has 0 aliphatic carbocycles. The van der Waals surface area contributed by atoms with Crippen molar-refractivity contribution in [3.63, 3.8) is 0 Å². The first-order valence-electron chi connectivity index (χ1n) is 6.07. The van der Waals surface area contributed by atoms with Crippen LogP contribution in [0.25, 0.3) is 0 Å². The van der Waals surface area contributed by atoms with Gasteiger partial charge in [0.15, 0.2) is 0 Å². The molecule has 0 saturated carbocycles. The van der Waals surface area contributed by atoms with Gasteiger partial charge in [-0.25, -0.2) is 4.98 Å². The Kier molecular flexibility index (Phi) is 4.77. The lowest BCUT2D eigenvalue weighted by Crippen LogP contribution is -2.27. The third kappa shape index (κ3) is 3.37. The molecule has 0 saturated heterocycles. The molecular weight excluding hydrogens is 340 g/mol. The minimum atomic E-state index is -0.172. The highest BCUT2D eigenvalue weighted by Gasteiger charge is 2.17. The van der Waals surface area contributed by atoms with Gasteiger partial charge in [0.2, 0.25) is 0 Å². The third-order valence-electron chi connectivity index (χ3n) is 2.76. The second kappa shape index (κ2) is 6.37. The Hall–Kier alpha value is -1.40. The van der Waals surface area contributed by atoms with Gasteiger partial charge < -0.3 is 10.1 Å². The minimum absolute atomic E-state index is 0.130. The number of aromatic nitrogens is 1. The Morgan fingerprint density at radius 2 is 2.25 bits per heavy atom. The summed E-state index contributed by atoms with van der Waals surface area (Å²) in [5.41, 5.74) is 1.48. The molecule has 20 heavy (non-hydrogen) atoms. The number of rotatable bonds is 4. The van der Waals surface area contributed by atoms with Crippen LogP contribution in [0.5, 0.6) is 5.75 Å².